The summed E-state index contributed by atoms with van der Waals surface area (Å²) in [4.78, 5) is 0. The van der Waals surface area contributed by atoms with Gasteiger partial charge in [-0.3, -0.25) is 0 Å². The second-order valence-corrected chi connectivity index (χ2v) is 1.80. The van der Waals surface area contributed by atoms with Crippen LogP contribution in [0.15, 0.2) is 36.3 Å². The molecule has 50 valence electrons. The highest BCUT2D eigenvalue weighted by atomic mass is 35.5. The Kier molecular flexibility index (Phi) is 3.89. The van der Waals surface area contributed by atoms with Gasteiger partial charge in [0.25, 0.3) is 0 Å². The van der Waals surface area contributed by atoms with Gasteiger partial charge < -0.3 is 4.74 Å². The van der Waals surface area contributed by atoms with Crippen molar-refractivity contribution in [2.75, 3.05) is 0 Å². The van der Waals surface area contributed by atoms with E-state index in [9.17, 15) is 0 Å². The maximum Gasteiger partial charge on any atom is 0.119 e. The third kappa shape index (κ3) is 2.98. The number of hydrogen-bond donors (Lipinski definition) is 0. The number of hydrogen-bond acceptors (Lipinski definition) is 1. The summed E-state index contributed by atoms with van der Waals surface area (Å²) in [7, 11) is 0. The number of halogens is 1. The minimum absolute atomic E-state index is 0.509. The van der Waals surface area contributed by atoms with E-state index >= 15 is 0 Å². The van der Waals surface area contributed by atoms with Gasteiger partial charge in [0, 0.05) is 0 Å². The molecule has 0 rings (SSSR count). The summed E-state index contributed by atoms with van der Waals surface area (Å²) in [5.74, 6) is 0.613. The Morgan fingerprint density at radius 2 is 2.11 bits per heavy atom. The molecule has 0 bridgehead atoms. The first-order chi connectivity index (χ1) is 4.22. The molecular weight excluding hydrogens is 136 g/mol. The average Bonchev–Trinajstić information content (AvgIpc) is 1.87. The van der Waals surface area contributed by atoms with Crippen molar-refractivity contribution in [2.24, 2.45) is 0 Å². The Hall–Kier alpha value is -0.690. The van der Waals surface area contributed by atoms with Gasteiger partial charge in [-0.2, -0.15) is 0 Å². The summed E-state index contributed by atoms with van der Waals surface area (Å²) in [6.45, 7) is 8.57. The predicted octanol–water partition coefficient (Wildman–Crippen LogP) is 2.80. The van der Waals surface area contributed by atoms with E-state index in [4.69, 9.17) is 16.3 Å². The molecule has 0 fully saturated rings. The fourth-order valence-corrected chi connectivity index (χ4v) is 0.370. The monoisotopic (exact) mass is 144 g/mol. The van der Waals surface area contributed by atoms with Gasteiger partial charge in [-0.25, -0.2) is 0 Å². The van der Waals surface area contributed by atoms with E-state index in [-0.39, 0.29) is 0 Å². The number of allylic oxidation sites excluding steroid dienone is 3. The van der Waals surface area contributed by atoms with Crippen molar-refractivity contribution in [3.8, 4) is 0 Å². The molecule has 0 amide bonds. The van der Waals surface area contributed by atoms with Crippen LogP contribution in [0.1, 0.15) is 6.92 Å². The van der Waals surface area contributed by atoms with Gasteiger partial charge >= 0.3 is 0 Å². The highest BCUT2D eigenvalue weighted by molar-refractivity contribution is 6.31. The third-order valence-electron chi connectivity index (χ3n) is 0.776. The summed E-state index contributed by atoms with van der Waals surface area (Å²) >= 11 is 5.58. The summed E-state index contributed by atoms with van der Waals surface area (Å²) < 4.78 is 4.83. The highest BCUT2D eigenvalue weighted by Crippen LogP contribution is 2.10. The maximum absolute atomic E-state index is 5.58. The third-order valence-corrected chi connectivity index (χ3v) is 1.20. The van der Waals surface area contributed by atoms with E-state index in [1.165, 1.54) is 12.3 Å². The van der Waals surface area contributed by atoms with Crippen LogP contribution in [0.3, 0.4) is 0 Å². The van der Waals surface area contributed by atoms with Gasteiger partial charge in [0.05, 0.1) is 11.3 Å². The fraction of sp³-hybridized carbons (Fsp3) is 0.143. The minimum atomic E-state index is 0.509. The molecule has 0 atom stereocenters. The molecule has 0 radical (unpaired) electrons. The lowest BCUT2D eigenvalue weighted by molar-refractivity contribution is 0.353. The molecule has 2 heteroatoms. The summed E-state index contributed by atoms with van der Waals surface area (Å²) in [6, 6.07) is 0. The van der Waals surface area contributed by atoms with Crippen molar-refractivity contribution in [1.29, 1.82) is 0 Å². The summed E-state index contributed by atoms with van der Waals surface area (Å²) in [5.41, 5.74) is 0. The zero-order chi connectivity index (χ0) is 7.28. The average molecular weight is 145 g/mol. The molecule has 0 saturated carbocycles. The summed E-state index contributed by atoms with van der Waals surface area (Å²) in [6.07, 6.45) is 2.83. The normalized spacial score (nSPS) is 11.8. The SMILES string of the molecule is C=CO/C(C)=C(\Cl)C=C. The first-order valence-electron chi connectivity index (χ1n) is 2.48. The molecule has 0 aliphatic carbocycles. The van der Waals surface area contributed by atoms with Crippen LogP contribution in [0.2, 0.25) is 0 Å². The van der Waals surface area contributed by atoms with E-state index < -0.39 is 0 Å². The van der Waals surface area contributed by atoms with Crippen LogP contribution < -0.4 is 0 Å². The van der Waals surface area contributed by atoms with Crippen molar-refractivity contribution in [2.45, 2.75) is 6.92 Å². The Morgan fingerprint density at radius 3 is 2.44 bits per heavy atom. The molecule has 0 aromatic heterocycles. The van der Waals surface area contributed by atoms with Crippen molar-refractivity contribution in [3.05, 3.63) is 36.3 Å². The minimum Gasteiger partial charge on any atom is -0.469 e. The zero-order valence-corrected chi connectivity index (χ0v) is 6.11. The van der Waals surface area contributed by atoms with Crippen molar-refractivity contribution in [1.82, 2.24) is 0 Å². The number of rotatable bonds is 3. The van der Waals surface area contributed by atoms with Crippen LogP contribution in [-0.2, 0) is 4.74 Å². The Balaban J connectivity index is 4.08. The Labute approximate surface area is 60.3 Å². The van der Waals surface area contributed by atoms with E-state index in [0.717, 1.165) is 0 Å². The standard InChI is InChI=1S/C7H9ClO/c1-4-7(8)6(3)9-5-2/h4-5H,1-2H2,3H3/b7-6-. The molecule has 0 unspecified atom stereocenters. The fourth-order valence-electron chi connectivity index (χ4n) is 0.325. The van der Waals surface area contributed by atoms with Gasteiger partial charge in [0.15, 0.2) is 0 Å². The molecule has 0 aromatic carbocycles. The second-order valence-electron chi connectivity index (χ2n) is 1.39. The molecule has 0 spiro atoms. The summed E-state index contributed by atoms with van der Waals surface area (Å²) in [5, 5.41) is 0.509. The van der Waals surface area contributed by atoms with E-state index in [1.807, 2.05) is 0 Å². The molecule has 0 saturated heterocycles. The smallest absolute Gasteiger partial charge is 0.119 e. The Morgan fingerprint density at radius 1 is 1.56 bits per heavy atom. The molecule has 9 heavy (non-hydrogen) atoms. The van der Waals surface area contributed by atoms with Crippen molar-refractivity contribution < 1.29 is 4.74 Å². The molecule has 0 aromatic rings. The van der Waals surface area contributed by atoms with Crippen molar-refractivity contribution in [3.63, 3.8) is 0 Å². The van der Waals surface area contributed by atoms with Gasteiger partial charge in [-0.1, -0.05) is 24.8 Å². The molecule has 0 heterocycles. The molecular formula is C7H9ClO. The predicted molar refractivity (Wildman–Crippen MR) is 40.0 cm³/mol. The number of ether oxygens (including phenoxy) is 1. The lowest BCUT2D eigenvalue weighted by atomic mass is 10.5. The van der Waals surface area contributed by atoms with E-state index in [0.29, 0.717) is 10.8 Å². The topological polar surface area (TPSA) is 9.23 Å². The largest absolute Gasteiger partial charge is 0.469 e. The van der Waals surface area contributed by atoms with Crippen LogP contribution in [0, 0.1) is 0 Å². The van der Waals surface area contributed by atoms with E-state index in [2.05, 4.69) is 13.2 Å². The van der Waals surface area contributed by atoms with Crippen LogP contribution in [0.5, 0.6) is 0 Å². The van der Waals surface area contributed by atoms with Crippen LogP contribution in [0.4, 0.5) is 0 Å². The van der Waals surface area contributed by atoms with Gasteiger partial charge in [-0.15, -0.1) is 0 Å². The van der Waals surface area contributed by atoms with Crippen molar-refractivity contribution >= 4 is 11.6 Å². The van der Waals surface area contributed by atoms with Gasteiger partial charge in [-0.05, 0) is 13.0 Å². The Bertz CT molecular complexity index is 147. The van der Waals surface area contributed by atoms with Crippen LogP contribution in [-0.4, -0.2) is 0 Å². The van der Waals surface area contributed by atoms with Gasteiger partial charge in [0.2, 0.25) is 0 Å². The van der Waals surface area contributed by atoms with Gasteiger partial charge in [0.1, 0.15) is 5.76 Å². The zero-order valence-electron chi connectivity index (χ0n) is 5.36. The molecule has 0 aliphatic rings. The van der Waals surface area contributed by atoms with Crippen LogP contribution in [0.25, 0.3) is 0 Å². The lowest BCUT2D eigenvalue weighted by Gasteiger charge is -1.98. The highest BCUT2D eigenvalue weighted by Gasteiger charge is 1.91. The molecule has 1 nitrogen and oxygen atoms in total. The first-order valence-corrected chi connectivity index (χ1v) is 2.86. The van der Waals surface area contributed by atoms with Crippen LogP contribution >= 0.6 is 11.6 Å². The van der Waals surface area contributed by atoms with E-state index in [1.54, 1.807) is 6.92 Å². The first kappa shape index (κ1) is 8.31. The quantitative estimate of drug-likeness (QED) is 0.437. The second kappa shape index (κ2) is 4.21. The maximum atomic E-state index is 5.58. The molecule has 0 N–H and O–H groups in total. The molecule has 0 aliphatic heterocycles. The lowest BCUT2D eigenvalue weighted by Crippen LogP contribution is -1.78.